The van der Waals surface area contributed by atoms with E-state index in [0.717, 1.165) is 11.1 Å². The van der Waals surface area contributed by atoms with Gasteiger partial charge in [-0.2, -0.15) is 4.31 Å². The number of methoxy groups -OCH3 is 1. The molecule has 38 heavy (non-hydrogen) atoms. The van der Waals surface area contributed by atoms with Crippen molar-refractivity contribution >= 4 is 27.7 Å². The van der Waals surface area contributed by atoms with Gasteiger partial charge in [-0.25, -0.2) is 12.8 Å². The van der Waals surface area contributed by atoms with Crippen LogP contribution in [-0.2, 0) is 27.9 Å². The molecule has 0 atom stereocenters. The van der Waals surface area contributed by atoms with Crippen molar-refractivity contribution in [3.05, 3.63) is 126 Å². The zero-order valence-corrected chi connectivity index (χ0v) is 21.4. The standard InChI is InChI=1S/C29H26FN3O4S/c1-37-27-11-4-24(5-12-27)21-33(20-23-2-7-25(30)8-3-23)38(35,36)28-13-9-26(10-14-28)32-29(34)15-6-22-16-18-31-19-17-22/h2-19H,20-21H2,1H3,(H,32,34)/b15-6+. The van der Waals surface area contributed by atoms with Gasteiger partial charge in [0.1, 0.15) is 11.6 Å². The Morgan fingerprint density at radius 3 is 2.05 bits per heavy atom. The van der Waals surface area contributed by atoms with E-state index in [2.05, 4.69) is 10.3 Å². The molecule has 194 valence electrons. The van der Waals surface area contributed by atoms with Gasteiger partial charge in [0.05, 0.1) is 12.0 Å². The van der Waals surface area contributed by atoms with Crippen LogP contribution in [0, 0.1) is 5.82 Å². The molecule has 9 heteroatoms. The average Bonchev–Trinajstić information content (AvgIpc) is 2.94. The lowest BCUT2D eigenvalue weighted by Gasteiger charge is -2.23. The average molecular weight is 532 g/mol. The van der Waals surface area contributed by atoms with Crippen LogP contribution in [0.2, 0.25) is 0 Å². The van der Waals surface area contributed by atoms with Crippen molar-refractivity contribution in [2.45, 2.75) is 18.0 Å². The lowest BCUT2D eigenvalue weighted by molar-refractivity contribution is -0.111. The number of carbonyl (C=O) groups is 1. The van der Waals surface area contributed by atoms with Gasteiger partial charge >= 0.3 is 0 Å². The Morgan fingerprint density at radius 2 is 1.47 bits per heavy atom. The molecule has 0 fully saturated rings. The molecule has 0 saturated carbocycles. The number of nitrogens with zero attached hydrogens (tertiary/aromatic N) is 2. The number of halogens is 1. The summed E-state index contributed by atoms with van der Waals surface area (Å²) in [6.45, 7) is 0.148. The zero-order valence-electron chi connectivity index (χ0n) is 20.6. The summed E-state index contributed by atoms with van der Waals surface area (Å²) in [5, 5.41) is 2.72. The van der Waals surface area contributed by atoms with Gasteiger partial charge in [-0.1, -0.05) is 24.3 Å². The van der Waals surface area contributed by atoms with Gasteiger partial charge in [-0.3, -0.25) is 9.78 Å². The summed E-state index contributed by atoms with van der Waals surface area (Å²) in [4.78, 5) is 16.3. The van der Waals surface area contributed by atoms with E-state index < -0.39 is 15.8 Å². The van der Waals surface area contributed by atoms with Crippen LogP contribution >= 0.6 is 0 Å². The number of pyridine rings is 1. The van der Waals surface area contributed by atoms with Crippen molar-refractivity contribution in [1.29, 1.82) is 0 Å². The van der Waals surface area contributed by atoms with Gasteiger partial charge < -0.3 is 10.1 Å². The summed E-state index contributed by atoms with van der Waals surface area (Å²) in [5.41, 5.74) is 2.69. The molecule has 0 radical (unpaired) electrons. The van der Waals surface area contributed by atoms with Crippen LogP contribution in [0.4, 0.5) is 10.1 Å². The molecule has 7 nitrogen and oxygen atoms in total. The van der Waals surface area contributed by atoms with Crippen LogP contribution in [0.25, 0.3) is 6.08 Å². The molecule has 0 aliphatic heterocycles. The van der Waals surface area contributed by atoms with E-state index in [0.29, 0.717) is 17.0 Å². The number of sulfonamides is 1. The Balaban J connectivity index is 1.52. The number of anilines is 1. The molecule has 1 heterocycles. The fourth-order valence-electron chi connectivity index (χ4n) is 3.64. The predicted molar refractivity (Wildman–Crippen MR) is 144 cm³/mol. The number of aromatic nitrogens is 1. The van der Waals surface area contributed by atoms with E-state index in [1.807, 2.05) is 0 Å². The number of carbonyl (C=O) groups excluding carboxylic acids is 1. The highest BCUT2D eigenvalue weighted by molar-refractivity contribution is 7.89. The molecule has 0 aliphatic carbocycles. The van der Waals surface area contributed by atoms with E-state index in [4.69, 9.17) is 4.74 Å². The van der Waals surface area contributed by atoms with Crippen molar-refractivity contribution in [1.82, 2.24) is 9.29 Å². The molecule has 0 unspecified atom stereocenters. The second kappa shape index (κ2) is 12.3. The molecule has 0 bridgehead atoms. The maximum absolute atomic E-state index is 13.6. The van der Waals surface area contributed by atoms with E-state index in [9.17, 15) is 17.6 Å². The highest BCUT2D eigenvalue weighted by Crippen LogP contribution is 2.24. The molecule has 0 spiro atoms. The quantitative estimate of drug-likeness (QED) is 0.282. The normalized spacial score (nSPS) is 11.6. The molecule has 0 aliphatic rings. The number of hydrogen-bond acceptors (Lipinski definition) is 5. The molecule has 1 N–H and O–H groups in total. The van der Waals surface area contributed by atoms with Gasteiger partial charge in [-0.05, 0) is 83.4 Å². The summed E-state index contributed by atoms with van der Waals surface area (Å²) in [6.07, 6.45) is 6.30. The SMILES string of the molecule is COc1ccc(CN(Cc2ccc(F)cc2)S(=O)(=O)c2ccc(NC(=O)/C=C/c3ccncc3)cc2)cc1. The zero-order chi connectivity index (χ0) is 27.0. The predicted octanol–water partition coefficient (Wildman–Crippen LogP) is 5.27. The van der Waals surface area contributed by atoms with E-state index >= 15 is 0 Å². The van der Waals surface area contributed by atoms with Crippen molar-refractivity contribution in [3.8, 4) is 5.75 Å². The first-order chi connectivity index (χ1) is 18.3. The number of benzene rings is 3. The van der Waals surface area contributed by atoms with Crippen LogP contribution in [0.1, 0.15) is 16.7 Å². The summed E-state index contributed by atoms with van der Waals surface area (Å²) in [7, 11) is -2.38. The maximum Gasteiger partial charge on any atom is 0.248 e. The van der Waals surface area contributed by atoms with Crippen molar-refractivity contribution in [2.75, 3.05) is 12.4 Å². The van der Waals surface area contributed by atoms with E-state index in [-0.39, 0.29) is 23.9 Å². The molecule has 0 saturated heterocycles. The molecular weight excluding hydrogens is 505 g/mol. The largest absolute Gasteiger partial charge is 0.497 e. The minimum absolute atomic E-state index is 0.0485. The monoisotopic (exact) mass is 531 g/mol. The summed E-state index contributed by atoms with van der Waals surface area (Å²) < 4.78 is 47.2. The van der Waals surface area contributed by atoms with Crippen LogP contribution in [-0.4, -0.2) is 30.7 Å². The minimum atomic E-state index is -3.94. The second-order valence-corrected chi connectivity index (χ2v) is 10.3. The molecule has 1 amide bonds. The van der Waals surface area contributed by atoms with Crippen LogP contribution in [0.3, 0.4) is 0 Å². The molecule has 1 aromatic heterocycles. The van der Waals surface area contributed by atoms with Gasteiger partial charge in [0.2, 0.25) is 15.9 Å². The van der Waals surface area contributed by atoms with Crippen molar-refractivity contribution < 1.29 is 22.3 Å². The Bertz CT molecular complexity index is 1490. The van der Waals surface area contributed by atoms with Gasteiger partial charge in [-0.15, -0.1) is 0 Å². The first-order valence-corrected chi connectivity index (χ1v) is 13.1. The highest BCUT2D eigenvalue weighted by Gasteiger charge is 2.25. The lowest BCUT2D eigenvalue weighted by Crippen LogP contribution is -2.30. The van der Waals surface area contributed by atoms with Gasteiger partial charge in [0.25, 0.3) is 0 Å². The summed E-state index contributed by atoms with van der Waals surface area (Å²) >= 11 is 0. The number of amides is 1. The number of nitrogens with one attached hydrogen (secondary N) is 1. The first-order valence-electron chi connectivity index (χ1n) is 11.7. The topological polar surface area (TPSA) is 88.6 Å². The maximum atomic E-state index is 13.6. The third-order valence-corrected chi connectivity index (χ3v) is 7.49. The Morgan fingerprint density at radius 1 is 0.895 bits per heavy atom. The first kappa shape index (κ1) is 26.7. The Labute approximate surface area is 221 Å². The smallest absolute Gasteiger partial charge is 0.248 e. The third kappa shape index (κ3) is 7.12. The van der Waals surface area contributed by atoms with Gasteiger partial charge in [0, 0.05) is 37.2 Å². The Kier molecular flexibility index (Phi) is 8.62. The van der Waals surface area contributed by atoms with E-state index in [1.54, 1.807) is 74.1 Å². The fourth-order valence-corrected chi connectivity index (χ4v) is 5.06. The second-order valence-electron chi connectivity index (χ2n) is 8.38. The summed E-state index contributed by atoms with van der Waals surface area (Å²) in [5.74, 6) is -0.0867. The highest BCUT2D eigenvalue weighted by atomic mass is 32.2. The van der Waals surface area contributed by atoms with Crippen molar-refractivity contribution in [3.63, 3.8) is 0 Å². The molecule has 3 aromatic carbocycles. The van der Waals surface area contributed by atoms with Gasteiger partial charge in [0.15, 0.2) is 0 Å². The number of rotatable bonds is 10. The fraction of sp³-hybridized carbons (Fsp3) is 0.103. The minimum Gasteiger partial charge on any atom is -0.497 e. The number of hydrogen-bond donors (Lipinski definition) is 1. The van der Waals surface area contributed by atoms with E-state index in [1.165, 1.54) is 46.8 Å². The molecule has 4 aromatic rings. The third-order valence-electron chi connectivity index (χ3n) is 5.68. The molecular formula is C29H26FN3O4S. The lowest BCUT2D eigenvalue weighted by atomic mass is 10.2. The van der Waals surface area contributed by atoms with Crippen LogP contribution in [0.5, 0.6) is 5.75 Å². The molecule has 4 rings (SSSR count). The van der Waals surface area contributed by atoms with Crippen LogP contribution < -0.4 is 10.1 Å². The Hall–Kier alpha value is -4.34. The number of ether oxygens (including phenoxy) is 1. The van der Waals surface area contributed by atoms with Crippen LogP contribution in [0.15, 0.2) is 108 Å². The van der Waals surface area contributed by atoms with Crippen molar-refractivity contribution in [2.24, 2.45) is 0 Å². The summed E-state index contributed by atoms with van der Waals surface area (Å²) in [6, 6.07) is 22.3.